The third kappa shape index (κ3) is 66.9. The third-order valence-electron chi connectivity index (χ3n) is 0. The molecule has 6 heavy (non-hydrogen) atoms. The van der Waals surface area contributed by atoms with Gasteiger partial charge in [0.1, 0.15) is 0 Å². The second kappa shape index (κ2) is 123. The molecular weight excluding hydrogens is 313 g/mol. The van der Waals surface area contributed by atoms with Crippen molar-refractivity contribution in [3.05, 3.63) is 0 Å². The van der Waals surface area contributed by atoms with Gasteiger partial charge in [-0.25, -0.2) is 0 Å². The maximum Gasteiger partial charge on any atom is 0 e. The minimum absolute atomic E-state index is 0. The van der Waals surface area contributed by atoms with Crippen molar-refractivity contribution >= 4 is 0 Å². The molecule has 0 aromatic carbocycles. The molecule has 0 saturated heterocycles. The minimum Gasteiger partial charge on any atom is 0 e. The fraction of sp³-hybridized carbons (Fsp3) is 0. The van der Waals surface area contributed by atoms with Gasteiger partial charge in [0, 0.05) is 62.4 Å². The first-order chi connectivity index (χ1) is 0. The van der Waals surface area contributed by atoms with Crippen LogP contribution in [0.25, 0.3) is 0 Å². The molecule has 8 radical (unpaired) electrons. The summed E-state index contributed by atoms with van der Waals surface area (Å²) in [7, 11) is 0. The van der Waals surface area contributed by atoms with Gasteiger partial charge >= 0.3 is 0 Å². The molecular formula is O4WZn. The van der Waals surface area contributed by atoms with Crippen molar-refractivity contribution in [3.63, 3.8) is 0 Å². The van der Waals surface area contributed by atoms with Gasteiger partial charge in [-0.1, -0.05) is 0 Å². The molecule has 0 atom stereocenters. The SMILES string of the molecule is [O].[O].[O].[O].[W].[Zn]. The van der Waals surface area contributed by atoms with Crippen molar-refractivity contribution in [1.82, 2.24) is 0 Å². The van der Waals surface area contributed by atoms with Crippen LogP contribution in [0.4, 0.5) is 0 Å². The van der Waals surface area contributed by atoms with Gasteiger partial charge in [-0.15, -0.1) is 0 Å². The second-order valence-corrected chi connectivity index (χ2v) is 0. The van der Waals surface area contributed by atoms with E-state index < -0.39 is 0 Å². The Balaban J connectivity index is 0. The molecule has 0 aliphatic rings. The number of hydrogen-bond acceptors (Lipinski definition) is 0. The summed E-state index contributed by atoms with van der Waals surface area (Å²) in [5, 5.41) is 0. The fourth-order valence-electron chi connectivity index (χ4n) is 0. The van der Waals surface area contributed by atoms with Gasteiger partial charge in [0.2, 0.25) is 0 Å². The second-order valence-electron chi connectivity index (χ2n) is 0. The maximum absolute atomic E-state index is 0. The van der Waals surface area contributed by atoms with Crippen molar-refractivity contribution in [2.45, 2.75) is 0 Å². The van der Waals surface area contributed by atoms with Gasteiger partial charge < -0.3 is 0 Å². The quantitative estimate of drug-likeness (QED) is 0.538. The van der Waals surface area contributed by atoms with Crippen molar-refractivity contribution in [1.29, 1.82) is 0 Å². The Morgan fingerprint density at radius 2 is 0.500 bits per heavy atom. The Morgan fingerprint density at radius 3 is 0.500 bits per heavy atom. The van der Waals surface area contributed by atoms with E-state index in [9.17, 15) is 0 Å². The van der Waals surface area contributed by atoms with E-state index >= 15 is 0 Å². The first-order valence-electron chi connectivity index (χ1n) is 0. The van der Waals surface area contributed by atoms with E-state index in [0.29, 0.717) is 0 Å². The smallest absolute Gasteiger partial charge is 0 e. The molecule has 0 fully saturated rings. The molecule has 0 spiro atoms. The maximum atomic E-state index is 0. The third-order valence-corrected chi connectivity index (χ3v) is 0. The summed E-state index contributed by atoms with van der Waals surface area (Å²) in [5.41, 5.74) is 0. The van der Waals surface area contributed by atoms with Crippen molar-refractivity contribution in [2.24, 2.45) is 0 Å². The van der Waals surface area contributed by atoms with Gasteiger partial charge in [-0.05, 0) is 0 Å². The Kier molecular flexibility index (Phi) is 4190. The van der Waals surface area contributed by atoms with Crippen molar-refractivity contribution in [3.8, 4) is 0 Å². The van der Waals surface area contributed by atoms with E-state index in [1.54, 1.807) is 0 Å². The molecule has 32 valence electrons. The molecule has 0 bridgehead atoms. The van der Waals surface area contributed by atoms with Gasteiger partial charge in [-0.2, -0.15) is 0 Å². The van der Waals surface area contributed by atoms with E-state index in [-0.39, 0.29) is 62.4 Å². The summed E-state index contributed by atoms with van der Waals surface area (Å²) in [5.74, 6) is 0. The molecule has 4 nitrogen and oxygen atoms in total. The van der Waals surface area contributed by atoms with Crippen molar-refractivity contribution < 1.29 is 62.4 Å². The molecule has 0 unspecified atom stereocenters. The largest absolute Gasteiger partial charge is 0 e. The van der Waals surface area contributed by atoms with Crippen molar-refractivity contribution in [2.75, 3.05) is 0 Å². The van der Waals surface area contributed by atoms with Crippen LogP contribution in [-0.2, 0) is 62.4 Å². The van der Waals surface area contributed by atoms with Gasteiger partial charge in [0.15, 0.2) is 0 Å². The van der Waals surface area contributed by atoms with E-state index in [4.69, 9.17) is 0 Å². The topological polar surface area (TPSA) is 114 Å². The first-order valence-corrected chi connectivity index (χ1v) is 0. The van der Waals surface area contributed by atoms with Gasteiger partial charge in [0.05, 0.1) is 0 Å². The van der Waals surface area contributed by atoms with Crippen LogP contribution in [0, 0.1) is 0 Å². The van der Waals surface area contributed by atoms with Crippen LogP contribution in [0.1, 0.15) is 0 Å². The van der Waals surface area contributed by atoms with Crippen LogP contribution < -0.4 is 0 Å². The molecule has 0 aliphatic heterocycles. The summed E-state index contributed by atoms with van der Waals surface area (Å²) in [4.78, 5) is 0. The predicted octanol–water partition coefficient (Wildman–Crippen LogP) is -0.480. The molecule has 0 N–H and O–H groups in total. The Hall–Kier alpha value is 1.15. The average molecular weight is 313 g/mol. The molecule has 0 heterocycles. The van der Waals surface area contributed by atoms with Crippen LogP contribution >= 0.6 is 0 Å². The Labute approximate surface area is 62.6 Å². The zero-order valence-corrected chi connectivity index (χ0v) is 8.65. The zero-order valence-electron chi connectivity index (χ0n) is 2.75. The summed E-state index contributed by atoms with van der Waals surface area (Å²) in [6.07, 6.45) is 0. The summed E-state index contributed by atoms with van der Waals surface area (Å²) >= 11 is 0. The number of hydrogen-bond donors (Lipinski definition) is 0. The molecule has 0 saturated carbocycles. The molecule has 0 aliphatic carbocycles. The van der Waals surface area contributed by atoms with Crippen LogP contribution in [0.15, 0.2) is 0 Å². The summed E-state index contributed by atoms with van der Waals surface area (Å²) < 4.78 is 0. The fourth-order valence-corrected chi connectivity index (χ4v) is 0. The van der Waals surface area contributed by atoms with E-state index in [1.807, 2.05) is 0 Å². The Bertz CT molecular complexity index is 7.51. The summed E-state index contributed by atoms with van der Waals surface area (Å²) in [6, 6.07) is 0. The molecule has 0 amide bonds. The predicted molar refractivity (Wildman–Crippen MR) is 2.75 cm³/mol. The normalized spacial score (nSPS) is 0. The Morgan fingerprint density at radius 1 is 0.500 bits per heavy atom. The van der Waals surface area contributed by atoms with Crippen LogP contribution in [0.5, 0.6) is 0 Å². The van der Waals surface area contributed by atoms with Gasteiger partial charge in [-0.3, -0.25) is 0 Å². The van der Waals surface area contributed by atoms with Gasteiger partial charge in [0.25, 0.3) is 0 Å². The molecule has 6 heteroatoms. The van der Waals surface area contributed by atoms with Crippen LogP contribution in [0.3, 0.4) is 0 Å². The molecule has 0 rings (SSSR count). The average Bonchev–Trinajstić information content (AvgIpc) is 0. The van der Waals surface area contributed by atoms with Crippen LogP contribution in [0.2, 0.25) is 0 Å². The number of rotatable bonds is 0. The van der Waals surface area contributed by atoms with E-state index in [2.05, 4.69) is 0 Å². The monoisotopic (exact) mass is 312 g/mol. The van der Waals surface area contributed by atoms with Crippen LogP contribution in [-0.4, -0.2) is 0 Å². The van der Waals surface area contributed by atoms with E-state index in [0.717, 1.165) is 0 Å². The molecule has 0 aromatic rings. The first kappa shape index (κ1) is 204. The van der Waals surface area contributed by atoms with E-state index in [1.165, 1.54) is 0 Å². The molecule has 0 aromatic heterocycles. The summed E-state index contributed by atoms with van der Waals surface area (Å²) in [6.45, 7) is 0. The zero-order chi connectivity index (χ0) is 0. The standard InChI is InChI=1S/4O.W.Zn. The minimum atomic E-state index is 0.